The molecule has 1 heterocycles. The molecule has 37 heavy (non-hydrogen) atoms. The Morgan fingerprint density at radius 1 is 1.03 bits per heavy atom. The van der Waals surface area contributed by atoms with E-state index >= 15 is 0 Å². The Balaban J connectivity index is 1.38. The van der Waals surface area contributed by atoms with Gasteiger partial charge in [0.05, 0.1) is 10.6 Å². The number of fused-ring (bicyclic) bond motifs is 1. The number of sulfonamides is 1. The molecule has 0 bridgehead atoms. The monoisotopic (exact) mass is 544 g/mol. The molecule has 10 heteroatoms. The smallest absolute Gasteiger partial charge is 0.264 e. The lowest BCUT2D eigenvalue weighted by molar-refractivity contribution is -0.119. The van der Waals surface area contributed by atoms with Crippen molar-refractivity contribution >= 4 is 33.4 Å². The Kier molecular flexibility index (Phi) is 8.94. The number of ether oxygens (including phenoxy) is 2. The summed E-state index contributed by atoms with van der Waals surface area (Å²) in [6.45, 7) is 2.72. The molecular formula is C27H29FN2O5S2. The van der Waals surface area contributed by atoms with Gasteiger partial charge >= 0.3 is 0 Å². The lowest BCUT2D eigenvalue weighted by atomic mass is 10.2. The van der Waals surface area contributed by atoms with Gasteiger partial charge in [-0.25, -0.2) is 12.8 Å². The molecule has 4 rings (SSSR count). The lowest BCUT2D eigenvalue weighted by Gasteiger charge is -2.25. The van der Waals surface area contributed by atoms with Crippen LogP contribution in [0.5, 0.6) is 11.5 Å². The van der Waals surface area contributed by atoms with Crippen molar-refractivity contribution in [3.63, 3.8) is 0 Å². The van der Waals surface area contributed by atoms with E-state index in [1.807, 2.05) is 6.07 Å². The molecule has 0 radical (unpaired) electrons. The van der Waals surface area contributed by atoms with E-state index in [0.717, 1.165) is 34.4 Å². The van der Waals surface area contributed by atoms with Crippen LogP contribution in [0.2, 0.25) is 0 Å². The van der Waals surface area contributed by atoms with Gasteiger partial charge in [0, 0.05) is 18.4 Å². The Morgan fingerprint density at radius 3 is 2.54 bits per heavy atom. The van der Waals surface area contributed by atoms with E-state index in [1.165, 1.54) is 41.5 Å². The van der Waals surface area contributed by atoms with Gasteiger partial charge in [-0.15, -0.1) is 0 Å². The van der Waals surface area contributed by atoms with Crippen LogP contribution in [0.3, 0.4) is 0 Å². The average Bonchev–Trinajstić information content (AvgIpc) is 2.89. The second-order valence-corrected chi connectivity index (χ2v) is 11.5. The van der Waals surface area contributed by atoms with Crippen molar-refractivity contribution in [3.05, 3.63) is 83.7 Å². The zero-order chi connectivity index (χ0) is 26.3. The largest absolute Gasteiger partial charge is 0.486 e. The maximum atomic E-state index is 13.6. The SMILES string of the molecule is Cc1cccc(CSCCCNC(=O)CN(c2ccc(F)cc2)S(=O)(=O)c2ccc3c(c2)OCCO3)c1. The number of halogens is 1. The van der Waals surface area contributed by atoms with Crippen molar-refractivity contribution in [1.29, 1.82) is 0 Å². The molecular weight excluding hydrogens is 515 g/mol. The van der Waals surface area contributed by atoms with Gasteiger partial charge in [0.25, 0.3) is 10.0 Å². The van der Waals surface area contributed by atoms with Crippen molar-refractivity contribution in [2.45, 2.75) is 24.0 Å². The molecule has 0 saturated heterocycles. The van der Waals surface area contributed by atoms with Crippen molar-refractivity contribution in [3.8, 4) is 11.5 Å². The van der Waals surface area contributed by atoms with Crippen molar-refractivity contribution in [2.24, 2.45) is 0 Å². The van der Waals surface area contributed by atoms with E-state index in [0.29, 0.717) is 31.3 Å². The van der Waals surface area contributed by atoms with E-state index in [-0.39, 0.29) is 10.6 Å². The highest BCUT2D eigenvalue weighted by molar-refractivity contribution is 7.98. The van der Waals surface area contributed by atoms with Gasteiger partial charge in [-0.3, -0.25) is 9.10 Å². The molecule has 3 aromatic carbocycles. The highest BCUT2D eigenvalue weighted by Crippen LogP contribution is 2.34. The summed E-state index contributed by atoms with van der Waals surface area (Å²) in [4.78, 5) is 12.7. The topological polar surface area (TPSA) is 84.9 Å². The third kappa shape index (κ3) is 7.17. The van der Waals surface area contributed by atoms with Crippen LogP contribution in [-0.2, 0) is 20.6 Å². The number of hydrogen-bond donors (Lipinski definition) is 1. The van der Waals surface area contributed by atoms with E-state index in [1.54, 1.807) is 11.8 Å². The first-order valence-electron chi connectivity index (χ1n) is 11.9. The summed E-state index contributed by atoms with van der Waals surface area (Å²) in [6, 6.07) is 17.6. The minimum atomic E-state index is -4.16. The molecule has 196 valence electrons. The van der Waals surface area contributed by atoms with E-state index in [9.17, 15) is 17.6 Å². The van der Waals surface area contributed by atoms with E-state index in [4.69, 9.17) is 9.47 Å². The summed E-state index contributed by atoms with van der Waals surface area (Å²) >= 11 is 1.78. The molecule has 0 saturated carbocycles. The second kappa shape index (κ2) is 12.3. The standard InChI is InChI=1S/C27H29FN2O5S2/c1-20-4-2-5-21(16-20)19-36-15-3-12-29-27(31)18-30(23-8-6-22(28)7-9-23)37(32,33)24-10-11-25-26(17-24)35-14-13-34-25/h2,4-11,16-17H,3,12-15,18-19H2,1H3,(H,29,31). The first-order valence-corrected chi connectivity index (χ1v) is 14.5. The Hall–Kier alpha value is -3.24. The summed E-state index contributed by atoms with van der Waals surface area (Å²) in [5, 5.41) is 2.80. The molecule has 0 fully saturated rings. The fourth-order valence-corrected chi connectivity index (χ4v) is 6.16. The molecule has 1 aliphatic heterocycles. The fraction of sp³-hybridized carbons (Fsp3) is 0.296. The van der Waals surface area contributed by atoms with Gasteiger partial charge in [0.2, 0.25) is 5.91 Å². The number of benzene rings is 3. The number of rotatable bonds is 11. The van der Waals surface area contributed by atoms with Gasteiger partial charge < -0.3 is 14.8 Å². The highest BCUT2D eigenvalue weighted by atomic mass is 32.2. The molecule has 1 amide bonds. The normalized spacial score (nSPS) is 12.7. The van der Waals surface area contributed by atoms with Crippen molar-refractivity contribution in [1.82, 2.24) is 5.32 Å². The predicted octanol–water partition coefficient (Wildman–Crippen LogP) is 4.54. The van der Waals surface area contributed by atoms with Crippen LogP contribution in [0.1, 0.15) is 17.5 Å². The third-order valence-corrected chi connectivity index (χ3v) is 8.53. The minimum Gasteiger partial charge on any atom is -0.486 e. The van der Waals surface area contributed by atoms with Crippen LogP contribution in [0, 0.1) is 12.7 Å². The Bertz CT molecular complexity index is 1330. The second-order valence-electron chi connectivity index (χ2n) is 8.54. The quantitative estimate of drug-likeness (QED) is 0.357. The first kappa shape index (κ1) is 26.8. The number of hydrogen-bond acceptors (Lipinski definition) is 6. The zero-order valence-electron chi connectivity index (χ0n) is 20.5. The Labute approximate surface area is 221 Å². The van der Waals surface area contributed by atoms with Crippen LogP contribution in [-0.4, -0.2) is 46.4 Å². The number of anilines is 1. The molecule has 0 atom stereocenters. The van der Waals surface area contributed by atoms with Gasteiger partial charge in [-0.05, 0) is 61.1 Å². The molecule has 0 unspecified atom stereocenters. The van der Waals surface area contributed by atoms with Gasteiger partial charge in [0.15, 0.2) is 11.5 Å². The lowest BCUT2D eigenvalue weighted by Crippen LogP contribution is -2.41. The van der Waals surface area contributed by atoms with E-state index in [2.05, 4.69) is 30.4 Å². The van der Waals surface area contributed by atoms with Gasteiger partial charge in [-0.2, -0.15) is 11.8 Å². The Morgan fingerprint density at radius 2 is 1.78 bits per heavy atom. The number of nitrogens with zero attached hydrogens (tertiary/aromatic N) is 1. The van der Waals surface area contributed by atoms with Crippen LogP contribution in [0.25, 0.3) is 0 Å². The molecule has 1 aliphatic rings. The molecule has 0 spiro atoms. The number of aryl methyl sites for hydroxylation is 1. The molecule has 3 aromatic rings. The summed E-state index contributed by atoms with van der Waals surface area (Å²) in [5.74, 6) is 1.56. The van der Waals surface area contributed by atoms with Gasteiger partial charge in [0.1, 0.15) is 25.6 Å². The van der Waals surface area contributed by atoms with Crippen LogP contribution in [0.15, 0.2) is 71.6 Å². The van der Waals surface area contributed by atoms with Crippen LogP contribution in [0.4, 0.5) is 10.1 Å². The van der Waals surface area contributed by atoms with Crippen LogP contribution >= 0.6 is 11.8 Å². The van der Waals surface area contributed by atoms with Crippen LogP contribution < -0.4 is 19.1 Å². The molecule has 0 aliphatic carbocycles. The minimum absolute atomic E-state index is 0.0542. The molecule has 1 N–H and O–H groups in total. The fourth-order valence-electron chi connectivity index (χ4n) is 3.81. The number of carbonyl (C=O) groups is 1. The number of carbonyl (C=O) groups excluding carboxylic acids is 1. The van der Waals surface area contributed by atoms with E-state index < -0.39 is 28.3 Å². The average molecular weight is 545 g/mol. The van der Waals surface area contributed by atoms with Crippen molar-refractivity contribution < 1.29 is 27.1 Å². The molecule has 0 aromatic heterocycles. The summed E-state index contributed by atoms with van der Waals surface area (Å²) < 4.78 is 52.6. The highest BCUT2D eigenvalue weighted by Gasteiger charge is 2.29. The first-order chi connectivity index (χ1) is 17.8. The zero-order valence-corrected chi connectivity index (χ0v) is 22.1. The van der Waals surface area contributed by atoms with Gasteiger partial charge in [-0.1, -0.05) is 29.8 Å². The summed E-state index contributed by atoms with van der Waals surface area (Å²) in [5.41, 5.74) is 2.66. The van der Waals surface area contributed by atoms with Crippen molar-refractivity contribution in [2.75, 3.05) is 36.4 Å². The molecule has 7 nitrogen and oxygen atoms in total. The maximum Gasteiger partial charge on any atom is 0.264 e. The maximum absolute atomic E-state index is 13.6. The third-order valence-electron chi connectivity index (χ3n) is 5.64. The summed E-state index contributed by atoms with van der Waals surface area (Å²) in [6.07, 6.45) is 0.744. The predicted molar refractivity (Wildman–Crippen MR) is 143 cm³/mol. The summed E-state index contributed by atoms with van der Waals surface area (Å²) in [7, 11) is -4.16. The number of nitrogens with one attached hydrogen (secondary N) is 1. The number of amides is 1. The number of thioether (sulfide) groups is 1.